The second-order valence-corrected chi connectivity index (χ2v) is 3.62. The van der Waals surface area contributed by atoms with E-state index in [1.807, 2.05) is 48.5 Å². The van der Waals surface area contributed by atoms with Crippen molar-refractivity contribution in [3.05, 3.63) is 48.5 Å². The molecule has 0 aliphatic rings. The molecule has 0 unspecified atom stereocenters. The van der Waals surface area contributed by atoms with Crippen LogP contribution < -0.4 is 0 Å². The molecule has 7 heteroatoms. The maximum Gasteiger partial charge on any atom is 0.112 e. The number of hydrogen-bond donors (Lipinski definition) is 2. The SMILES string of the molecule is [Zn].c1ccc2n[nH]nc2c1.c1ccc2n[nH]nc2c1. The monoisotopic (exact) mass is 302 g/mol. The number of aromatic nitrogens is 6. The Morgan fingerprint density at radius 2 is 0.789 bits per heavy atom. The molecule has 0 saturated carbocycles. The second-order valence-electron chi connectivity index (χ2n) is 3.62. The van der Waals surface area contributed by atoms with Crippen molar-refractivity contribution < 1.29 is 19.5 Å². The normalized spacial score (nSPS) is 9.68. The van der Waals surface area contributed by atoms with Crippen LogP contribution in [0.15, 0.2) is 48.5 Å². The number of nitrogens with zero attached hydrogens (tertiary/aromatic N) is 4. The molecule has 6 nitrogen and oxygen atoms in total. The van der Waals surface area contributed by atoms with E-state index in [1.54, 1.807) is 0 Å². The van der Waals surface area contributed by atoms with Crippen molar-refractivity contribution in [3.63, 3.8) is 0 Å². The molecular formula is C12H10N6Zn. The minimum atomic E-state index is 0. The summed E-state index contributed by atoms with van der Waals surface area (Å²) in [5.74, 6) is 0. The Hall–Kier alpha value is -2.14. The standard InChI is InChI=1S/2C6H5N3.Zn/c2*1-2-4-6-5(3-1)7-9-8-6;/h2*1-4H,(H,7,8,9);. The molecule has 0 fully saturated rings. The zero-order chi connectivity index (χ0) is 12.2. The summed E-state index contributed by atoms with van der Waals surface area (Å²) in [6, 6.07) is 15.4. The molecule has 0 radical (unpaired) electrons. The van der Waals surface area contributed by atoms with E-state index in [2.05, 4.69) is 30.8 Å². The summed E-state index contributed by atoms with van der Waals surface area (Å²) in [5.41, 5.74) is 3.66. The van der Waals surface area contributed by atoms with Crippen LogP contribution in [0.1, 0.15) is 0 Å². The maximum absolute atomic E-state index is 3.88. The molecule has 0 bridgehead atoms. The molecule has 2 aromatic carbocycles. The number of H-pyrrole nitrogens is 2. The van der Waals surface area contributed by atoms with Gasteiger partial charge < -0.3 is 0 Å². The van der Waals surface area contributed by atoms with Crippen LogP contribution in [0.3, 0.4) is 0 Å². The molecule has 0 aliphatic heterocycles. The molecule has 2 aromatic heterocycles. The molecular weight excluding hydrogens is 294 g/mol. The first kappa shape index (κ1) is 13.3. The summed E-state index contributed by atoms with van der Waals surface area (Å²) in [7, 11) is 0. The second kappa shape index (κ2) is 6.15. The Kier molecular flexibility index (Phi) is 4.31. The molecule has 0 atom stereocenters. The molecule has 2 N–H and O–H groups in total. The minimum absolute atomic E-state index is 0. The Morgan fingerprint density at radius 3 is 1.05 bits per heavy atom. The minimum Gasteiger partial charge on any atom is -0.197 e. The average molecular weight is 304 g/mol. The van der Waals surface area contributed by atoms with Gasteiger partial charge in [-0.3, -0.25) is 0 Å². The van der Waals surface area contributed by atoms with E-state index in [0.717, 1.165) is 22.1 Å². The van der Waals surface area contributed by atoms with Gasteiger partial charge in [0.1, 0.15) is 22.1 Å². The molecule has 19 heavy (non-hydrogen) atoms. The van der Waals surface area contributed by atoms with Gasteiger partial charge in [-0.15, -0.1) is 0 Å². The molecule has 0 saturated heterocycles. The fourth-order valence-corrected chi connectivity index (χ4v) is 1.57. The van der Waals surface area contributed by atoms with E-state index in [0.29, 0.717) is 0 Å². The van der Waals surface area contributed by atoms with Gasteiger partial charge in [-0.25, -0.2) is 0 Å². The number of hydrogen-bond acceptors (Lipinski definition) is 4. The zero-order valence-corrected chi connectivity index (χ0v) is 13.1. The first-order valence-electron chi connectivity index (χ1n) is 5.44. The zero-order valence-electron chi connectivity index (χ0n) is 10.1. The number of aromatic amines is 2. The number of benzene rings is 2. The third kappa shape index (κ3) is 3.00. The average Bonchev–Trinajstić information content (AvgIpc) is 3.08. The molecule has 0 aliphatic carbocycles. The van der Waals surface area contributed by atoms with Crippen molar-refractivity contribution in [2.45, 2.75) is 0 Å². The van der Waals surface area contributed by atoms with Crippen LogP contribution in [0.25, 0.3) is 22.1 Å². The van der Waals surface area contributed by atoms with Crippen LogP contribution in [-0.4, -0.2) is 30.8 Å². The molecule has 4 rings (SSSR count). The van der Waals surface area contributed by atoms with Crippen LogP contribution in [0.4, 0.5) is 0 Å². The third-order valence-electron chi connectivity index (χ3n) is 2.45. The third-order valence-corrected chi connectivity index (χ3v) is 2.45. The summed E-state index contributed by atoms with van der Waals surface area (Å²) in [6.45, 7) is 0. The van der Waals surface area contributed by atoms with E-state index in [-0.39, 0.29) is 19.5 Å². The smallest absolute Gasteiger partial charge is 0.112 e. The topological polar surface area (TPSA) is 83.1 Å². The van der Waals surface area contributed by atoms with Crippen molar-refractivity contribution in [3.8, 4) is 0 Å². The Bertz CT molecular complexity index is 636. The van der Waals surface area contributed by atoms with E-state index in [9.17, 15) is 0 Å². The van der Waals surface area contributed by atoms with Gasteiger partial charge in [0.2, 0.25) is 0 Å². The first-order chi connectivity index (χ1) is 8.93. The van der Waals surface area contributed by atoms with Crippen molar-refractivity contribution >= 4 is 22.1 Å². The summed E-state index contributed by atoms with van der Waals surface area (Å²) >= 11 is 0. The van der Waals surface area contributed by atoms with Crippen LogP contribution in [0.2, 0.25) is 0 Å². The number of rotatable bonds is 0. The number of para-hydroxylation sites is 4. The molecule has 0 amide bonds. The van der Waals surface area contributed by atoms with Crippen LogP contribution in [-0.2, 0) is 19.5 Å². The van der Waals surface area contributed by atoms with Crippen molar-refractivity contribution in [1.29, 1.82) is 0 Å². The fourth-order valence-electron chi connectivity index (χ4n) is 1.57. The van der Waals surface area contributed by atoms with Gasteiger partial charge >= 0.3 is 0 Å². The van der Waals surface area contributed by atoms with Gasteiger partial charge in [0, 0.05) is 19.5 Å². The maximum atomic E-state index is 3.88. The molecule has 0 spiro atoms. The molecule has 4 aromatic rings. The van der Waals surface area contributed by atoms with Gasteiger partial charge in [0.05, 0.1) is 0 Å². The molecule has 2 heterocycles. The molecule has 90 valence electrons. The van der Waals surface area contributed by atoms with Crippen molar-refractivity contribution in [2.75, 3.05) is 0 Å². The largest absolute Gasteiger partial charge is 0.197 e. The summed E-state index contributed by atoms with van der Waals surface area (Å²) in [5, 5.41) is 20.6. The van der Waals surface area contributed by atoms with Gasteiger partial charge in [0.15, 0.2) is 0 Å². The number of nitrogens with one attached hydrogen (secondary N) is 2. The quantitative estimate of drug-likeness (QED) is 0.486. The van der Waals surface area contributed by atoms with E-state index in [1.165, 1.54) is 0 Å². The Morgan fingerprint density at radius 1 is 0.526 bits per heavy atom. The fraction of sp³-hybridized carbons (Fsp3) is 0. The van der Waals surface area contributed by atoms with Crippen molar-refractivity contribution in [2.24, 2.45) is 0 Å². The van der Waals surface area contributed by atoms with Gasteiger partial charge in [-0.2, -0.15) is 30.8 Å². The van der Waals surface area contributed by atoms with Crippen LogP contribution >= 0.6 is 0 Å². The summed E-state index contributed by atoms with van der Waals surface area (Å²) < 4.78 is 0. The van der Waals surface area contributed by atoms with E-state index >= 15 is 0 Å². The van der Waals surface area contributed by atoms with Crippen LogP contribution in [0, 0.1) is 0 Å². The van der Waals surface area contributed by atoms with Crippen LogP contribution in [0.5, 0.6) is 0 Å². The predicted molar refractivity (Wildman–Crippen MR) is 67.8 cm³/mol. The summed E-state index contributed by atoms with van der Waals surface area (Å²) in [6.07, 6.45) is 0. The predicted octanol–water partition coefficient (Wildman–Crippen LogP) is 1.91. The van der Waals surface area contributed by atoms with E-state index in [4.69, 9.17) is 0 Å². The first-order valence-corrected chi connectivity index (χ1v) is 5.44. The van der Waals surface area contributed by atoms with Gasteiger partial charge in [-0.1, -0.05) is 24.3 Å². The van der Waals surface area contributed by atoms with Gasteiger partial charge in [-0.05, 0) is 24.3 Å². The van der Waals surface area contributed by atoms with Gasteiger partial charge in [0.25, 0.3) is 0 Å². The van der Waals surface area contributed by atoms with Crippen molar-refractivity contribution in [1.82, 2.24) is 30.8 Å². The Balaban J connectivity index is 0.000000133. The van der Waals surface area contributed by atoms with E-state index < -0.39 is 0 Å². The summed E-state index contributed by atoms with van der Waals surface area (Å²) in [4.78, 5) is 0. The Labute approximate surface area is 121 Å². The number of fused-ring (bicyclic) bond motifs is 2.